The summed E-state index contributed by atoms with van der Waals surface area (Å²) in [5.41, 5.74) is 6.41. The molecule has 2 saturated heterocycles. The molecule has 3 aromatic rings. The highest BCUT2D eigenvalue weighted by molar-refractivity contribution is 7.61. The molecule has 4 unspecified atom stereocenters. The molecule has 2 aliphatic heterocycles. The summed E-state index contributed by atoms with van der Waals surface area (Å²) < 4.78 is 52.2. The van der Waals surface area contributed by atoms with Gasteiger partial charge in [-0.3, -0.25) is 18.4 Å². The Labute approximate surface area is 247 Å². The van der Waals surface area contributed by atoms with E-state index in [0.717, 1.165) is 6.33 Å². The number of nitrogens with zero attached hydrogens (tertiary/aromatic N) is 5. The number of phosphoric acid groups is 2. The Morgan fingerprint density at radius 3 is 2.30 bits per heavy atom. The Morgan fingerprint density at radius 1 is 1.00 bits per heavy atom. The topological polar surface area (TPSA) is 292 Å². The lowest BCUT2D eigenvalue weighted by Crippen LogP contribution is -2.46. The third-order valence-corrected chi connectivity index (χ3v) is 9.47. The van der Waals surface area contributed by atoms with Crippen molar-refractivity contribution in [3.63, 3.8) is 0 Å². The van der Waals surface area contributed by atoms with Crippen LogP contribution in [-0.4, -0.2) is 105 Å². The fraction of sp³-hybridized carbons (Fsp3) is 0.500. The molecule has 10 atom stereocenters. The summed E-state index contributed by atoms with van der Waals surface area (Å²) in [6.45, 7) is -0.430. The van der Waals surface area contributed by atoms with E-state index in [9.17, 15) is 44.1 Å². The van der Waals surface area contributed by atoms with Gasteiger partial charge in [0, 0.05) is 6.07 Å². The highest BCUT2D eigenvalue weighted by Crippen LogP contribution is 2.60. The molecule has 0 spiro atoms. The summed E-state index contributed by atoms with van der Waals surface area (Å²) in [4.78, 5) is 43.6. The van der Waals surface area contributed by atoms with Gasteiger partial charge in [0.05, 0.1) is 25.1 Å². The maximum atomic E-state index is 12.4. The monoisotopic (exact) mass is 663 g/mol. The van der Waals surface area contributed by atoms with Crippen molar-refractivity contribution in [2.24, 2.45) is 0 Å². The number of carbonyl (C=O) groups is 1. The molecule has 8 N–H and O–H groups in total. The van der Waals surface area contributed by atoms with Gasteiger partial charge in [-0.2, -0.15) is 8.88 Å². The highest BCUT2D eigenvalue weighted by Gasteiger charge is 2.50. The number of nitrogen functional groups attached to an aromatic ring is 1. The minimum Gasteiger partial charge on any atom is -0.387 e. The molecule has 22 heteroatoms. The number of carbonyl (C=O) groups excluding carboxylic acids is 1. The average molecular weight is 663 g/mol. The number of phosphoric ester groups is 2. The third-order valence-electron chi connectivity index (χ3n) is 6.87. The Kier molecular flexibility index (Phi) is 9.28. The summed E-state index contributed by atoms with van der Waals surface area (Å²) in [7, 11) is -10.7. The molecule has 0 radical (unpaired) electrons. The van der Waals surface area contributed by atoms with Crippen LogP contribution in [0.3, 0.4) is 0 Å². The van der Waals surface area contributed by atoms with Gasteiger partial charge in [-0.15, -0.1) is 0 Å². The molecule has 0 aliphatic carbocycles. The number of hydrogen-bond donors (Lipinski definition) is 7. The molecular weight excluding hydrogens is 634 g/mol. The Morgan fingerprint density at radius 2 is 1.64 bits per heavy atom. The molecular formula is C22H29N6O14P2+. The van der Waals surface area contributed by atoms with Crippen molar-refractivity contribution in [1.82, 2.24) is 19.5 Å². The van der Waals surface area contributed by atoms with Crippen molar-refractivity contribution >= 4 is 38.4 Å². The van der Waals surface area contributed by atoms with Crippen LogP contribution in [0.25, 0.3) is 11.2 Å². The van der Waals surface area contributed by atoms with Crippen LogP contribution in [0.5, 0.6) is 0 Å². The summed E-state index contributed by atoms with van der Waals surface area (Å²) in [5, 5.41) is 41.7. The first-order valence-corrected chi connectivity index (χ1v) is 15.8. The molecule has 240 valence electrons. The smallest absolute Gasteiger partial charge is 0.387 e. The van der Waals surface area contributed by atoms with Gasteiger partial charge in [0.2, 0.25) is 0 Å². The maximum Gasteiger partial charge on any atom is 0.481 e. The maximum absolute atomic E-state index is 12.4. The van der Waals surface area contributed by atoms with Crippen molar-refractivity contribution in [3.05, 3.63) is 42.7 Å². The predicted octanol–water partition coefficient (Wildman–Crippen LogP) is -1.91. The van der Waals surface area contributed by atoms with Gasteiger partial charge in [0.1, 0.15) is 42.4 Å². The number of hydrogen-bond acceptors (Lipinski definition) is 16. The Bertz CT molecular complexity index is 1630. The van der Waals surface area contributed by atoms with Crippen LogP contribution in [0, 0.1) is 0 Å². The van der Waals surface area contributed by atoms with E-state index in [1.807, 2.05) is 0 Å². The number of aliphatic hydroxyl groups is 4. The lowest BCUT2D eigenvalue weighted by Gasteiger charge is -2.20. The summed E-state index contributed by atoms with van der Waals surface area (Å²) in [6.07, 6.45) is -6.47. The quantitative estimate of drug-likeness (QED) is 0.0669. The first kappa shape index (κ1) is 32.6. The zero-order valence-electron chi connectivity index (χ0n) is 22.7. The number of ether oxygens (including phenoxy) is 2. The molecule has 5 heterocycles. The van der Waals surface area contributed by atoms with Crippen molar-refractivity contribution in [2.75, 3.05) is 18.9 Å². The van der Waals surface area contributed by atoms with Gasteiger partial charge in [0.25, 0.3) is 6.23 Å². The van der Waals surface area contributed by atoms with E-state index in [1.165, 1.54) is 46.9 Å². The van der Waals surface area contributed by atoms with Crippen LogP contribution in [0.4, 0.5) is 5.82 Å². The minimum absolute atomic E-state index is 0.0547. The first-order valence-electron chi connectivity index (χ1n) is 12.8. The predicted molar refractivity (Wildman–Crippen MR) is 141 cm³/mol. The van der Waals surface area contributed by atoms with Crippen LogP contribution in [-0.2, 0) is 32.0 Å². The molecule has 20 nitrogen and oxygen atoms in total. The van der Waals surface area contributed by atoms with Gasteiger partial charge >= 0.3 is 15.6 Å². The van der Waals surface area contributed by atoms with E-state index in [4.69, 9.17) is 24.3 Å². The molecule has 0 saturated carbocycles. The molecule has 2 aliphatic rings. The number of rotatable bonds is 11. The standard InChI is InChI=1S/C22H28N6O14P2/c1-10(29)11-3-2-4-27(5-11)21-17(32)15(30)12(40-21)6-38-43(34,35)42-44(36,37)39-7-13-16(31)18(33)22(41-13)28-9-26-14-19(23)24-8-25-20(14)28/h2-5,8-9,12-13,15-18,21-22,30-33H,6-7H2,1H3,(H3-,23,24,25,34,35,36,37)/p+1/t12-,13-,15?,16?,17+,18+,21-,22-/m1/s1. The minimum atomic E-state index is -5.36. The lowest BCUT2D eigenvalue weighted by atomic mass is 10.1. The Balaban J connectivity index is 1.16. The molecule has 0 bridgehead atoms. The zero-order chi connectivity index (χ0) is 32.0. The molecule has 44 heavy (non-hydrogen) atoms. The van der Waals surface area contributed by atoms with Gasteiger partial charge in [0.15, 0.2) is 42.0 Å². The second-order valence-corrected chi connectivity index (χ2v) is 12.9. The van der Waals surface area contributed by atoms with E-state index in [1.54, 1.807) is 0 Å². The van der Waals surface area contributed by atoms with E-state index in [-0.39, 0.29) is 22.8 Å². The number of pyridine rings is 1. The average Bonchev–Trinajstić information content (AvgIpc) is 3.61. The summed E-state index contributed by atoms with van der Waals surface area (Å²) in [6, 6.07) is 3.04. The van der Waals surface area contributed by atoms with Gasteiger partial charge in [-0.25, -0.2) is 24.1 Å². The number of fused-ring (bicyclic) bond motifs is 1. The van der Waals surface area contributed by atoms with E-state index >= 15 is 0 Å². The number of anilines is 1. The number of Topliss-reactive ketones (excluding diaryl/α,β-unsaturated/α-hetero) is 1. The van der Waals surface area contributed by atoms with Crippen molar-refractivity contribution in [1.29, 1.82) is 0 Å². The van der Waals surface area contributed by atoms with Crippen LogP contribution in [0.15, 0.2) is 37.2 Å². The molecule has 3 aromatic heterocycles. The van der Waals surface area contributed by atoms with Crippen molar-refractivity contribution < 1.29 is 71.5 Å². The Hall–Kier alpha value is -2.81. The number of nitrogens with two attached hydrogens (primary N) is 1. The largest absolute Gasteiger partial charge is 0.481 e. The molecule has 2 fully saturated rings. The molecule has 0 aromatic carbocycles. The normalized spacial score (nSPS) is 31.6. The fourth-order valence-corrected chi connectivity index (χ4v) is 6.73. The number of aromatic nitrogens is 5. The van der Waals surface area contributed by atoms with Crippen LogP contribution in [0.1, 0.15) is 29.7 Å². The second-order valence-electron chi connectivity index (χ2n) is 9.88. The molecule has 0 amide bonds. The lowest BCUT2D eigenvalue weighted by molar-refractivity contribution is -0.765. The summed E-state index contributed by atoms with van der Waals surface area (Å²) >= 11 is 0. The van der Waals surface area contributed by atoms with E-state index < -0.39 is 77.9 Å². The van der Waals surface area contributed by atoms with Crippen LogP contribution in [0.2, 0.25) is 0 Å². The molecule has 5 rings (SSSR count). The van der Waals surface area contributed by atoms with Crippen LogP contribution >= 0.6 is 15.6 Å². The zero-order valence-corrected chi connectivity index (χ0v) is 24.4. The third kappa shape index (κ3) is 6.73. The van der Waals surface area contributed by atoms with E-state index in [0.29, 0.717) is 5.56 Å². The fourth-order valence-electron chi connectivity index (χ4n) is 4.64. The first-order chi connectivity index (χ1) is 20.7. The van der Waals surface area contributed by atoms with Crippen LogP contribution < -0.4 is 10.3 Å². The van der Waals surface area contributed by atoms with Crippen molar-refractivity contribution in [3.8, 4) is 0 Å². The highest BCUT2D eigenvalue weighted by atomic mass is 31.3. The van der Waals surface area contributed by atoms with Gasteiger partial charge in [-0.1, -0.05) is 0 Å². The number of ketones is 1. The van der Waals surface area contributed by atoms with E-state index in [2.05, 4.69) is 19.3 Å². The number of aliphatic hydroxyl groups excluding tert-OH is 4. The van der Waals surface area contributed by atoms with Gasteiger partial charge in [-0.05, 0) is 13.0 Å². The second kappa shape index (κ2) is 12.5. The van der Waals surface area contributed by atoms with Crippen molar-refractivity contribution in [2.45, 2.75) is 56.0 Å². The van der Waals surface area contributed by atoms with Gasteiger partial charge < -0.3 is 45.4 Å². The summed E-state index contributed by atoms with van der Waals surface area (Å²) in [5.74, 6) is -0.210. The SMILES string of the molecule is CC(=O)c1ccc[n+]([C@@H]2O[C@H](COP(=O)(O)OP(=O)(O)OC[C@H]3O[C@@H](n4cnc5c(N)ncnc54)[C@@H](O)C3O)C(O)[C@@H]2O)c1. The number of imidazole rings is 1.